The van der Waals surface area contributed by atoms with Gasteiger partial charge in [-0.15, -0.1) is 0 Å². The van der Waals surface area contributed by atoms with Crippen LogP contribution in [0.1, 0.15) is 50.8 Å². The Morgan fingerprint density at radius 3 is 2.43 bits per heavy atom. The monoisotopic (exact) mass is 701 g/mol. The standard InChI is InChI=1S/C34H39ClF3N7O4/c1-20(2)48-24-7-4-22(5-8-24)23-6-9-25(33(35,17-23)45-13-10-21(3)43-45)29(34(36,37)38)49-28-16-27(41-31(39)42-28)44-14-11-32(12-15-44)18-26(30(46)47)40-19-32/h4-10,13,16,20,26,29,40H,11-12,14-15,17-19H2,1-3H3,(H,46,47)(H2,39,41,42). The van der Waals surface area contributed by atoms with E-state index >= 15 is 13.2 Å². The van der Waals surface area contributed by atoms with Gasteiger partial charge in [0.2, 0.25) is 17.9 Å². The summed E-state index contributed by atoms with van der Waals surface area (Å²) < 4.78 is 57.8. The van der Waals surface area contributed by atoms with Gasteiger partial charge in [-0.05, 0) is 74.8 Å². The molecule has 0 bridgehead atoms. The number of rotatable bonds is 9. The Bertz CT molecular complexity index is 1750. The predicted molar refractivity (Wildman–Crippen MR) is 179 cm³/mol. The fraction of sp³-hybridized carbons (Fsp3) is 0.471. The smallest absolute Gasteiger partial charge is 0.429 e. The lowest BCUT2D eigenvalue weighted by atomic mass is 9.76. The molecule has 3 unspecified atom stereocenters. The van der Waals surface area contributed by atoms with Crippen molar-refractivity contribution in [2.45, 2.75) is 75.9 Å². The molecule has 6 rings (SSSR count). The molecule has 1 aromatic carbocycles. The molecule has 2 aromatic heterocycles. The lowest BCUT2D eigenvalue weighted by Crippen LogP contribution is -2.46. The lowest BCUT2D eigenvalue weighted by molar-refractivity contribution is -0.186. The quantitative estimate of drug-likeness (QED) is 0.238. The van der Waals surface area contributed by atoms with Crippen molar-refractivity contribution in [3.05, 3.63) is 71.6 Å². The van der Waals surface area contributed by atoms with Crippen LogP contribution in [0.5, 0.6) is 11.6 Å². The van der Waals surface area contributed by atoms with Crippen molar-refractivity contribution in [1.82, 2.24) is 25.1 Å². The Kier molecular flexibility index (Phi) is 9.31. The van der Waals surface area contributed by atoms with Gasteiger partial charge in [-0.25, -0.2) is 4.68 Å². The van der Waals surface area contributed by atoms with E-state index in [2.05, 4.69) is 20.4 Å². The first-order valence-corrected chi connectivity index (χ1v) is 16.5. The number of halogens is 4. The van der Waals surface area contributed by atoms with Crippen LogP contribution in [-0.4, -0.2) is 74.9 Å². The van der Waals surface area contributed by atoms with Gasteiger partial charge in [0.1, 0.15) is 17.6 Å². The van der Waals surface area contributed by atoms with Gasteiger partial charge >= 0.3 is 12.1 Å². The van der Waals surface area contributed by atoms with E-state index < -0.39 is 29.3 Å². The van der Waals surface area contributed by atoms with Gasteiger partial charge in [0.05, 0.1) is 11.8 Å². The van der Waals surface area contributed by atoms with Gasteiger partial charge in [0.15, 0.2) is 5.00 Å². The maximum atomic E-state index is 15.0. The number of ether oxygens (including phenoxy) is 2. The SMILES string of the molecule is Cc1ccn(C2(Cl)CC(c3ccc(OC(C)C)cc3)=CC=C2C(Oc2cc(N3CCC4(CC3)CNC(C(=O)O)C4)nc(N)n2)C(F)(F)F)n1. The van der Waals surface area contributed by atoms with Crippen molar-refractivity contribution in [3.8, 4) is 11.6 Å². The fourth-order valence-electron chi connectivity index (χ4n) is 6.83. The molecule has 2 aliphatic heterocycles. The van der Waals surface area contributed by atoms with Crippen molar-refractivity contribution in [2.24, 2.45) is 5.41 Å². The summed E-state index contributed by atoms with van der Waals surface area (Å²) in [5.41, 5.74) is 7.62. The molecule has 49 heavy (non-hydrogen) atoms. The van der Waals surface area contributed by atoms with Crippen LogP contribution in [0.25, 0.3) is 5.57 Å². The van der Waals surface area contributed by atoms with Gasteiger partial charge in [-0.3, -0.25) is 4.79 Å². The van der Waals surface area contributed by atoms with E-state index in [1.54, 1.807) is 25.3 Å². The molecule has 1 spiro atoms. The van der Waals surface area contributed by atoms with E-state index in [9.17, 15) is 9.90 Å². The number of aromatic nitrogens is 4. The molecule has 11 nitrogen and oxygen atoms in total. The number of aliphatic carboxylic acids is 1. The summed E-state index contributed by atoms with van der Waals surface area (Å²) in [4.78, 5) is 19.9. The average Bonchev–Trinajstić information content (AvgIpc) is 3.67. The number of benzene rings is 1. The van der Waals surface area contributed by atoms with Crippen LogP contribution in [0, 0.1) is 12.3 Å². The van der Waals surface area contributed by atoms with Crippen LogP contribution in [0.2, 0.25) is 0 Å². The second-order valence-corrected chi connectivity index (χ2v) is 13.9. The molecular formula is C34H39ClF3N7O4. The summed E-state index contributed by atoms with van der Waals surface area (Å²) in [6.07, 6.45) is -1.05. The zero-order valence-electron chi connectivity index (χ0n) is 27.4. The number of allylic oxidation sites excluding steroid dienone is 3. The second kappa shape index (κ2) is 13.2. The minimum Gasteiger partial charge on any atom is -0.491 e. The zero-order valence-corrected chi connectivity index (χ0v) is 28.1. The van der Waals surface area contributed by atoms with Crippen LogP contribution in [0.4, 0.5) is 24.9 Å². The highest BCUT2D eigenvalue weighted by atomic mass is 35.5. The number of nitrogens with zero attached hydrogens (tertiary/aromatic N) is 5. The van der Waals surface area contributed by atoms with Gasteiger partial charge in [0.25, 0.3) is 0 Å². The molecule has 4 N–H and O–H groups in total. The highest BCUT2D eigenvalue weighted by molar-refractivity contribution is 6.24. The van der Waals surface area contributed by atoms with Crippen LogP contribution >= 0.6 is 11.6 Å². The maximum absolute atomic E-state index is 15.0. The number of anilines is 2. The van der Waals surface area contributed by atoms with Gasteiger partial charge < -0.3 is 30.5 Å². The first kappa shape index (κ1) is 34.6. The van der Waals surface area contributed by atoms with E-state index in [0.29, 0.717) is 61.7 Å². The number of aryl methyl sites for hydroxylation is 1. The Morgan fingerprint density at radius 2 is 1.84 bits per heavy atom. The highest BCUT2D eigenvalue weighted by Crippen LogP contribution is 2.48. The van der Waals surface area contributed by atoms with Crippen molar-refractivity contribution >= 4 is 34.9 Å². The molecule has 0 amide bonds. The van der Waals surface area contributed by atoms with E-state index in [1.807, 2.05) is 43.0 Å². The van der Waals surface area contributed by atoms with Crippen LogP contribution in [0.3, 0.4) is 0 Å². The number of nitrogen functional groups attached to an aromatic ring is 1. The minimum absolute atomic E-state index is 0.0144. The third-order valence-electron chi connectivity index (χ3n) is 9.35. The third kappa shape index (κ3) is 7.35. The van der Waals surface area contributed by atoms with Gasteiger partial charge in [0, 0.05) is 43.9 Å². The molecule has 3 atom stereocenters. The molecule has 3 aromatic rings. The Hall–Kier alpha value is -4.30. The maximum Gasteiger partial charge on any atom is 0.429 e. The van der Waals surface area contributed by atoms with E-state index in [-0.39, 0.29) is 35.3 Å². The number of hydrogen-bond donors (Lipinski definition) is 3. The molecule has 2 fully saturated rings. The lowest BCUT2D eigenvalue weighted by Gasteiger charge is -2.39. The molecule has 2 saturated heterocycles. The van der Waals surface area contributed by atoms with Crippen molar-refractivity contribution < 1.29 is 32.5 Å². The number of carboxylic acid groups (broad SMARTS) is 1. The molecular weight excluding hydrogens is 663 g/mol. The summed E-state index contributed by atoms with van der Waals surface area (Å²) in [6.45, 7) is 7.18. The Labute approximate surface area is 286 Å². The highest BCUT2D eigenvalue weighted by Gasteiger charge is 2.53. The van der Waals surface area contributed by atoms with E-state index in [4.69, 9.17) is 26.8 Å². The number of nitrogens with two attached hydrogens (primary N) is 1. The minimum atomic E-state index is -4.90. The topological polar surface area (TPSA) is 141 Å². The normalized spacial score (nSPS) is 22.9. The largest absolute Gasteiger partial charge is 0.491 e. The fourth-order valence-corrected chi connectivity index (χ4v) is 7.23. The number of piperidine rings is 1. The molecule has 15 heteroatoms. The van der Waals surface area contributed by atoms with Crippen molar-refractivity contribution in [3.63, 3.8) is 0 Å². The summed E-state index contributed by atoms with van der Waals surface area (Å²) in [5, 5.41) is 16.9. The third-order valence-corrected chi connectivity index (χ3v) is 9.87. The molecule has 3 aliphatic rings. The Balaban J connectivity index is 1.29. The average molecular weight is 702 g/mol. The van der Waals surface area contributed by atoms with Crippen LogP contribution < -0.4 is 25.4 Å². The summed E-state index contributed by atoms with van der Waals surface area (Å²) in [5.74, 6) is -0.481. The number of alkyl halides is 4. The molecule has 262 valence electrons. The van der Waals surface area contributed by atoms with Crippen molar-refractivity contribution in [2.75, 3.05) is 30.3 Å². The molecule has 4 heterocycles. The summed E-state index contributed by atoms with van der Waals surface area (Å²) in [7, 11) is 0. The van der Waals surface area contributed by atoms with Crippen LogP contribution in [-0.2, 0) is 9.79 Å². The number of carboxylic acids is 1. The molecule has 0 radical (unpaired) electrons. The number of carbonyl (C=O) groups is 1. The Morgan fingerprint density at radius 1 is 1.12 bits per heavy atom. The van der Waals surface area contributed by atoms with Gasteiger partial charge in [-0.2, -0.15) is 28.2 Å². The van der Waals surface area contributed by atoms with E-state index in [0.717, 1.165) is 5.56 Å². The van der Waals surface area contributed by atoms with E-state index in [1.165, 1.54) is 16.8 Å². The zero-order chi connectivity index (χ0) is 35.1. The molecule has 0 saturated carbocycles. The van der Waals surface area contributed by atoms with Crippen LogP contribution in [0.15, 0.2) is 60.3 Å². The number of nitrogens with one attached hydrogen (secondary N) is 1. The van der Waals surface area contributed by atoms with Crippen molar-refractivity contribution in [1.29, 1.82) is 0 Å². The van der Waals surface area contributed by atoms with Gasteiger partial charge in [-0.1, -0.05) is 35.9 Å². The summed E-state index contributed by atoms with van der Waals surface area (Å²) in [6, 6.07) is 9.72. The molecule has 1 aliphatic carbocycles. The second-order valence-electron chi connectivity index (χ2n) is 13.3. The number of hydrogen-bond acceptors (Lipinski definition) is 9. The predicted octanol–water partition coefficient (Wildman–Crippen LogP) is 5.70. The summed E-state index contributed by atoms with van der Waals surface area (Å²) >= 11 is 7.24. The first-order valence-electron chi connectivity index (χ1n) is 16.1. The first-order chi connectivity index (χ1) is 23.1.